The largest absolute Gasteiger partial charge is 0.397 e. The summed E-state index contributed by atoms with van der Waals surface area (Å²) in [5, 5.41) is 5.08. The van der Waals surface area contributed by atoms with Crippen LogP contribution in [0.3, 0.4) is 0 Å². The molecular weight excluding hydrogens is 277 g/mol. The zero-order valence-corrected chi connectivity index (χ0v) is 11.2. The lowest BCUT2D eigenvalue weighted by molar-refractivity contribution is 0.628. The quantitative estimate of drug-likeness (QED) is 0.689. The number of nitrogens with one attached hydrogen (secondary N) is 1. The van der Waals surface area contributed by atoms with Crippen LogP contribution in [0.15, 0.2) is 48.8 Å². The van der Waals surface area contributed by atoms with E-state index in [1.807, 2.05) is 18.2 Å². The van der Waals surface area contributed by atoms with Crippen LogP contribution in [-0.2, 0) is 0 Å². The van der Waals surface area contributed by atoms with E-state index in [1.54, 1.807) is 18.5 Å². The predicted molar refractivity (Wildman–Crippen MR) is 80.8 cm³/mol. The van der Waals surface area contributed by atoms with Crippen LogP contribution in [0, 0.1) is 5.82 Å². The van der Waals surface area contributed by atoms with Gasteiger partial charge >= 0.3 is 0 Å². The molecule has 3 N–H and O–H groups in total. The molecule has 0 saturated carbocycles. The van der Waals surface area contributed by atoms with Crippen LogP contribution in [0.2, 0.25) is 5.02 Å². The SMILES string of the molecule is Nc1c(Nc2ccc(F)c(Cl)c2)ccc2cnccc12. The van der Waals surface area contributed by atoms with Crippen molar-refractivity contribution in [2.75, 3.05) is 11.1 Å². The van der Waals surface area contributed by atoms with Gasteiger partial charge in [-0.2, -0.15) is 0 Å². The minimum Gasteiger partial charge on any atom is -0.397 e. The summed E-state index contributed by atoms with van der Waals surface area (Å²) in [6.45, 7) is 0. The average Bonchev–Trinajstić information content (AvgIpc) is 2.46. The summed E-state index contributed by atoms with van der Waals surface area (Å²) < 4.78 is 13.1. The maximum Gasteiger partial charge on any atom is 0.141 e. The number of nitrogens with zero attached hydrogens (tertiary/aromatic N) is 1. The standard InChI is InChI=1S/C15H11ClFN3/c16-12-7-10(2-3-13(12)17)20-14-4-1-9-8-19-6-5-11(9)15(14)18/h1-8,20H,18H2. The zero-order chi connectivity index (χ0) is 14.1. The first-order valence-electron chi connectivity index (χ1n) is 5.99. The van der Waals surface area contributed by atoms with Gasteiger partial charge < -0.3 is 11.1 Å². The number of nitrogens with two attached hydrogens (primary N) is 1. The van der Waals surface area contributed by atoms with Crippen LogP contribution >= 0.6 is 11.6 Å². The Balaban J connectivity index is 2.02. The Morgan fingerprint density at radius 3 is 2.80 bits per heavy atom. The van der Waals surface area contributed by atoms with Gasteiger partial charge in [0.15, 0.2) is 0 Å². The average molecular weight is 288 g/mol. The van der Waals surface area contributed by atoms with E-state index in [-0.39, 0.29) is 5.02 Å². The molecule has 1 aromatic heterocycles. The van der Waals surface area contributed by atoms with Crippen LogP contribution in [0.5, 0.6) is 0 Å². The van der Waals surface area contributed by atoms with Crippen molar-refractivity contribution in [2.24, 2.45) is 0 Å². The van der Waals surface area contributed by atoms with Gasteiger partial charge in [0, 0.05) is 28.9 Å². The van der Waals surface area contributed by atoms with E-state index >= 15 is 0 Å². The van der Waals surface area contributed by atoms with E-state index in [0.717, 1.165) is 16.5 Å². The molecule has 0 unspecified atom stereocenters. The Morgan fingerprint density at radius 1 is 1.15 bits per heavy atom. The Kier molecular flexibility index (Phi) is 3.16. The second kappa shape index (κ2) is 4.98. The monoisotopic (exact) mass is 287 g/mol. The highest BCUT2D eigenvalue weighted by molar-refractivity contribution is 6.31. The van der Waals surface area contributed by atoms with Crippen molar-refractivity contribution in [3.63, 3.8) is 0 Å². The molecule has 0 fully saturated rings. The van der Waals surface area contributed by atoms with Crippen molar-refractivity contribution >= 4 is 39.4 Å². The molecule has 0 aliphatic heterocycles. The van der Waals surface area contributed by atoms with Crippen LogP contribution in [0.1, 0.15) is 0 Å². The second-order valence-corrected chi connectivity index (χ2v) is 4.78. The molecule has 0 spiro atoms. The molecule has 2 aromatic carbocycles. The van der Waals surface area contributed by atoms with Gasteiger partial charge in [0.2, 0.25) is 0 Å². The Morgan fingerprint density at radius 2 is 2.00 bits per heavy atom. The van der Waals surface area contributed by atoms with Crippen molar-refractivity contribution in [3.05, 3.63) is 59.6 Å². The summed E-state index contributed by atoms with van der Waals surface area (Å²) in [4.78, 5) is 4.05. The summed E-state index contributed by atoms with van der Waals surface area (Å²) in [7, 11) is 0. The van der Waals surface area contributed by atoms with Gasteiger partial charge in [0.25, 0.3) is 0 Å². The van der Waals surface area contributed by atoms with Gasteiger partial charge in [-0.15, -0.1) is 0 Å². The minimum absolute atomic E-state index is 0.0681. The molecule has 20 heavy (non-hydrogen) atoms. The lowest BCUT2D eigenvalue weighted by atomic mass is 10.1. The van der Waals surface area contributed by atoms with Gasteiger partial charge in [-0.05, 0) is 30.3 Å². The van der Waals surface area contributed by atoms with Gasteiger partial charge in [0.1, 0.15) is 5.82 Å². The van der Waals surface area contributed by atoms with Crippen molar-refractivity contribution < 1.29 is 4.39 Å². The first-order valence-corrected chi connectivity index (χ1v) is 6.37. The number of fused-ring (bicyclic) bond motifs is 1. The third-order valence-electron chi connectivity index (χ3n) is 3.06. The van der Waals surface area contributed by atoms with E-state index in [9.17, 15) is 4.39 Å². The molecule has 100 valence electrons. The highest BCUT2D eigenvalue weighted by Gasteiger charge is 2.06. The fourth-order valence-electron chi connectivity index (χ4n) is 2.03. The van der Waals surface area contributed by atoms with E-state index in [2.05, 4.69) is 10.3 Å². The van der Waals surface area contributed by atoms with Crippen LogP contribution in [-0.4, -0.2) is 4.98 Å². The molecule has 0 saturated heterocycles. The zero-order valence-electron chi connectivity index (χ0n) is 10.4. The second-order valence-electron chi connectivity index (χ2n) is 4.38. The number of hydrogen-bond donors (Lipinski definition) is 2. The number of benzene rings is 2. The summed E-state index contributed by atoms with van der Waals surface area (Å²) >= 11 is 5.76. The first-order chi connectivity index (χ1) is 9.65. The molecule has 5 heteroatoms. The Hall–Kier alpha value is -2.33. The topological polar surface area (TPSA) is 50.9 Å². The molecule has 1 heterocycles. The number of hydrogen-bond acceptors (Lipinski definition) is 3. The fourth-order valence-corrected chi connectivity index (χ4v) is 2.21. The molecule has 0 radical (unpaired) electrons. The summed E-state index contributed by atoms with van der Waals surface area (Å²) in [6.07, 6.45) is 3.45. The number of halogens is 2. The predicted octanol–water partition coefficient (Wildman–Crippen LogP) is 4.35. The highest BCUT2D eigenvalue weighted by atomic mass is 35.5. The van der Waals surface area contributed by atoms with E-state index in [4.69, 9.17) is 17.3 Å². The number of rotatable bonds is 2. The lowest BCUT2D eigenvalue weighted by Crippen LogP contribution is -1.97. The molecule has 3 nitrogen and oxygen atoms in total. The number of aromatic nitrogens is 1. The van der Waals surface area contributed by atoms with Crippen molar-refractivity contribution in [3.8, 4) is 0 Å². The van der Waals surface area contributed by atoms with E-state index < -0.39 is 5.82 Å². The number of nitrogen functional groups attached to an aromatic ring is 1. The molecule has 0 bridgehead atoms. The molecule has 0 atom stereocenters. The Labute approximate surface area is 120 Å². The molecule has 3 rings (SSSR count). The first kappa shape index (κ1) is 12.7. The normalized spacial score (nSPS) is 10.7. The maximum absolute atomic E-state index is 13.1. The number of pyridine rings is 1. The number of anilines is 3. The van der Waals surface area contributed by atoms with Gasteiger partial charge in [-0.3, -0.25) is 4.98 Å². The third-order valence-corrected chi connectivity index (χ3v) is 3.35. The van der Waals surface area contributed by atoms with Gasteiger partial charge in [-0.1, -0.05) is 17.7 Å². The molecule has 0 aliphatic carbocycles. The van der Waals surface area contributed by atoms with Crippen LogP contribution in [0.25, 0.3) is 10.8 Å². The summed E-state index contributed by atoms with van der Waals surface area (Å²) in [5.74, 6) is -0.449. The molecular formula is C15H11ClFN3. The van der Waals surface area contributed by atoms with Crippen LogP contribution < -0.4 is 11.1 Å². The van der Waals surface area contributed by atoms with E-state index in [1.165, 1.54) is 12.1 Å². The molecule has 0 amide bonds. The van der Waals surface area contributed by atoms with Gasteiger partial charge in [-0.25, -0.2) is 4.39 Å². The third kappa shape index (κ3) is 2.26. The Bertz CT molecular complexity index is 789. The van der Waals surface area contributed by atoms with E-state index in [0.29, 0.717) is 11.4 Å². The van der Waals surface area contributed by atoms with Crippen molar-refractivity contribution in [1.82, 2.24) is 4.98 Å². The van der Waals surface area contributed by atoms with Crippen molar-refractivity contribution in [1.29, 1.82) is 0 Å². The molecule has 0 aliphatic rings. The maximum atomic E-state index is 13.1. The molecule has 3 aromatic rings. The van der Waals surface area contributed by atoms with Gasteiger partial charge in [0.05, 0.1) is 16.4 Å². The van der Waals surface area contributed by atoms with Crippen molar-refractivity contribution in [2.45, 2.75) is 0 Å². The highest BCUT2D eigenvalue weighted by Crippen LogP contribution is 2.31. The smallest absolute Gasteiger partial charge is 0.141 e. The minimum atomic E-state index is -0.449. The fraction of sp³-hybridized carbons (Fsp3) is 0. The summed E-state index contributed by atoms with van der Waals surface area (Å²) in [5.41, 5.74) is 8.17. The van der Waals surface area contributed by atoms with Crippen LogP contribution in [0.4, 0.5) is 21.5 Å². The lowest BCUT2D eigenvalue weighted by Gasteiger charge is -2.12. The summed E-state index contributed by atoms with van der Waals surface area (Å²) in [6, 6.07) is 10.1.